The first-order valence-electron chi connectivity index (χ1n) is 4.74. The summed E-state index contributed by atoms with van der Waals surface area (Å²) in [5.74, 6) is -0.930. The standard InChI is InChI=1S/C13H14O2/c1-10-7-11(2)9-12(8-10)5-3-4-6-13(14)15/h3-9H,1-2H3,(H,14,15)/b5-3+,6-4+. The van der Waals surface area contributed by atoms with Crippen LogP contribution in [0.1, 0.15) is 16.7 Å². The van der Waals surface area contributed by atoms with Crippen molar-refractivity contribution >= 4 is 12.0 Å². The molecule has 0 fully saturated rings. The highest BCUT2D eigenvalue weighted by Gasteiger charge is 1.90. The van der Waals surface area contributed by atoms with Crippen LogP contribution < -0.4 is 0 Å². The fourth-order valence-electron chi connectivity index (χ4n) is 1.41. The normalized spacial score (nSPS) is 11.3. The number of benzene rings is 1. The van der Waals surface area contributed by atoms with Crippen molar-refractivity contribution in [3.05, 3.63) is 53.1 Å². The molecule has 1 aromatic carbocycles. The Balaban J connectivity index is 2.76. The zero-order valence-electron chi connectivity index (χ0n) is 8.90. The van der Waals surface area contributed by atoms with Gasteiger partial charge in [0.05, 0.1) is 0 Å². The average Bonchev–Trinajstić information content (AvgIpc) is 2.10. The fraction of sp³-hybridized carbons (Fsp3) is 0.154. The molecule has 0 spiro atoms. The Morgan fingerprint density at radius 1 is 1.13 bits per heavy atom. The van der Waals surface area contributed by atoms with E-state index in [-0.39, 0.29) is 0 Å². The molecular weight excluding hydrogens is 188 g/mol. The molecule has 0 aliphatic carbocycles. The van der Waals surface area contributed by atoms with E-state index in [1.807, 2.05) is 19.9 Å². The summed E-state index contributed by atoms with van der Waals surface area (Å²) in [6, 6.07) is 6.21. The van der Waals surface area contributed by atoms with Gasteiger partial charge in [0, 0.05) is 6.08 Å². The van der Waals surface area contributed by atoms with E-state index in [1.165, 1.54) is 17.2 Å². The van der Waals surface area contributed by atoms with Crippen LogP contribution in [0.25, 0.3) is 6.08 Å². The Hall–Kier alpha value is -1.83. The topological polar surface area (TPSA) is 37.3 Å². The highest BCUT2D eigenvalue weighted by molar-refractivity contribution is 5.80. The summed E-state index contributed by atoms with van der Waals surface area (Å²) < 4.78 is 0. The van der Waals surface area contributed by atoms with Gasteiger partial charge in [0.2, 0.25) is 0 Å². The van der Waals surface area contributed by atoms with Crippen LogP contribution in [-0.4, -0.2) is 11.1 Å². The second-order valence-corrected chi connectivity index (χ2v) is 3.48. The second kappa shape index (κ2) is 5.15. The summed E-state index contributed by atoms with van der Waals surface area (Å²) in [6.45, 7) is 4.08. The van der Waals surface area contributed by atoms with Crippen LogP contribution in [0.3, 0.4) is 0 Å². The smallest absolute Gasteiger partial charge is 0.328 e. The number of hydrogen-bond donors (Lipinski definition) is 1. The molecule has 15 heavy (non-hydrogen) atoms. The number of allylic oxidation sites excluding steroid dienone is 2. The number of hydrogen-bond acceptors (Lipinski definition) is 1. The Labute approximate surface area is 89.6 Å². The maximum Gasteiger partial charge on any atom is 0.328 e. The van der Waals surface area contributed by atoms with Gasteiger partial charge in [-0.2, -0.15) is 0 Å². The van der Waals surface area contributed by atoms with Crippen LogP contribution in [0.5, 0.6) is 0 Å². The summed E-state index contributed by atoms with van der Waals surface area (Å²) in [5, 5.41) is 8.38. The van der Waals surface area contributed by atoms with Gasteiger partial charge >= 0.3 is 5.97 Å². The van der Waals surface area contributed by atoms with Gasteiger partial charge in [-0.05, 0) is 19.4 Å². The minimum atomic E-state index is -0.930. The summed E-state index contributed by atoms with van der Waals surface area (Å²) in [5.41, 5.74) is 3.50. The summed E-state index contributed by atoms with van der Waals surface area (Å²) in [6.07, 6.45) is 6.24. The Bertz CT molecular complexity index is 394. The van der Waals surface area contributed by atoms with Crippen molar-refractivity contribution in [2.75, 3.05) is 0 Å². The lowest BCUT2D eigenvalue weighted by atomic mass is 10.1. The number of carbonyl (C=O) groups is 1. The third kappa shape index (κ3) is 4.27. The first-order chi connectivity index (χ1) is 7.08. The molecule has 0 unspecified atom stereocenters. The molecule has 0 aliphatic heterocycles. The lowest BCUT2D eigenvalue weighted by molar-refractivity contribution is -0.131. The predicted molar refractivity (Wildman–Crippen MR) is 61.7 cm³/mol. The van der Waals surface area contributed by atoms with Gasteiger partial charge in [0.25, 0.3) is 0 Å². The molecule has 0 aromatic heterocycles. The first kappa shape index (κ1) is 11.2. The summed E-state index contributed by atoms with van der Waals surface area (Å²) in [7, 11) is 0. The van der Waals surface area contributed by atoms with Gasteiger partial charge in [0.15, 0.2) is 0 Å². The van der Waals surface area contributed by atoms with Crippen LogP contribution in [0, 0.1) is 13.8 Å². The zero-order valence-corrected chi connectivity index (χ0v) is 8.90. The van der Waals surface area contributed by atoms with Crippen LogP contribution in [-0.2, 0) is 4.79 Å². The quantitative estimate of drug-likeness (QED) is 0.604. The Kier molecular flexibility index (Phi) is 3.86. The molecule has 0 atom stereocenters. The van der Waals surface area contributed by atoms with Crippen molar-refractivity contribution in [2.24, 2.45) is 0 Å². The summed E-state index contributed by atoms with van der Waals surface area (Å²) in [4.78, 5) is 10.2. The van der Waals surface area contributed by atoms with E-state index in [9.17, 15) is 4.79 Å². The third-order valence-electron chi connectivity index (χ3n) is 1.88. The van der Waals surface area contributed by atoms with Gasteiger partial charge < -0.3 is 5.11 Å². The molecule has 0 radical (unpaired) electrons. The van der Waals surface area contributed by atoms with Crippen molar-refractivity contribution < 1.29 is 9.90 Å². The minimum absolute atomic E-state index is 0.930. The van der Waals surface area contributed by atoms with E-state index < -0.39 is 5.97 Å². The number of carboxylic acid groups (broad SMARTS) is 1. The van der Waals surface area contributed by atoms with E-state index in [2.05, 4.69) is 18.2 Å². The largest absolute Gasteiger partial charge is 0.478 e. The lowest BCUT2D eigenvalue weighted by Crippen LogP contribution is -1.84. The molecule has 0 saturated carbocycles. The van der Waals surface area contributed by atoms with E-state index in [1.54, 1.807) is 6.08 Å². The molecule has 0 bridgehead atoms. The van der Waals surface area contributed by atoms with Gasteiger partial charge in [0.1, 0.15) is 0 Å². The van der Waals surface area contributed by atoms with Gasteiger partial charge in [-0.3, -0.25) is 0 Å². The molecule has 78 valence electrons. The molecule has 2 heteroatoms. The van der Waals surface area contributed by atoms with E-state index in [0.29, 0.717) is 0 Å². The van der Waals surface area contributed by atoms with Crippen molar-refractivity contribution in [3.63, 3.8) is 0 Å². The molecule has 0 aliphatic rings. The van der Waals surface area contributed by atoms with E-state index in [0.717, 1.165) is 11.6 Å². The number of carboxylic acids is 1. The van der Waals surface area contributed by atoms with E-state index >= 15 is 0 Å². The molecule has 1 rings (SSSR count). The molecule has 2 nitrogen and oxygen atoms in total. The number of rotatable bonds is 3. The van der Waals surface area contributed by atoms with Crippen molar-refractivity contribution in [3.8, 4) is 0 Å². The van der Waals surface area contributed by atoms with Crippen LogP contribution in [0.4, 0.5) is 0 Å². The maximum absolute atomic E-state index is 10.2. The molecule has 1 aromatic rings. The second-order valence-electron chi connectivity index (χ2n) is 3.48. The Morgan fingerprint density at radius 2 is 1.73 bits per heavy atom. The van der Waals surface area contributed by atoms with Crippen molar-refractivity contribution in [1.82, 2.24) is 0 Å². The van der Waals surface area contributed by atoms with Gasteiger partial charge in [-0.15, -0.1) is 0 Å². The molecule has 0 heterocycles. The monoisotopic (exact) mass is 202 g/mol. The van der Waals surface area contributed by atoms with Crippen molar-refractivity contribution in [1.29, 1.82) is 0 Å². The number of aryl methyl sites for hydroxylation is 2. The molecule has 1 N–H and O–H groups in total. The fourth-order valence-corrected chi connectivity index (χ4v) is 1.41. The lowest BCUT2D eigenvalue weighted by Gasteiger charge is -1.98. The molecular formula is C13H14O2. The highest BCUT2D eigenvalue weighted by atomic mass is 16.4. The SMILES string of the molecule is Cc1cc(C)cc(/C=C/C=C/C(=O)O)c1. The van der Waals surface area contributed by atoms with Crippen LogP contribution >= 0.6 is 0 Å². The zero-order chi connectivity index (χ0) is 11.3. The van der Waals surface area contributed by atoms with Gasteiger partial charge in [-0.25, -0.2) is 4.79 Å². The predicted octanol–water partition coefficient (Wildman–Crippen LogP) is 2.96. The van der Waals surface area contributed by atoms with Crippen molar-refractivity contribution in [2.45, 2.75) is 13.8 Å². The maximum atomic E-state index is 10.2. The van der Waals surface area contributed by atoms with Crippen LogP contribution in [0.2, 0.25) is 0 Å². The third-order valence-corrected chi connectivity index (χ3v) is 1.88. The Morgan fingerprint density at radius 3 is 2.27 bits per heavy atom. The first-order valence-corrected chi connectivity index (χ1v) is 4.74. The summed E-state index contributed by atoms with van der Waals surface area (Å²) >= 11 is 0. The average molecular weight is 202 g/mol. The number of aliphatic carboxylic acids is 1. The minimum Gasteiger partial charge on any atom is -0.478 e. The molecule has 0 saturated heterocycles. The van der Waals surface area contributed by atoms with Gasteiger partial charge in [-0.1, -0.05) is 47.6 Å². The highest BCUT2D eigenvalue weighted by Crippen LogP contribution is 2.10. The van der Waals surface area contributed by atoms with E-state index in [4.69, 9.17) is 5.11 Å². The molecule has 0 amide bonds. The van der Waals surface area contributed by atoms with Crippen LogP contribution in [0.15, 0.2) is 36.4 Å².